The van der Waals surface area contributed by atoms with Crippen LogP contribution < -0.4 is 29.6 Å². The first kappa shape index (κ1) is 33.3. The second-order valence-electron chi connectivity index (χ2n) is 6.78. The molecule has 0 N–H and O–H groups in total. The zero-order valence-electron chi connectivity index (χ0n) is 19.1. The number of nitro groups is 1. The average Bonchev–Trinajstić information content (AvgIpc) is 2.90. The molecule has 0 bridgehead atoms. The molecule has 0 spiro atoms. The van der Waals surface area contributed by atoms with Crippen molar-refractivity contribution in [1.82, 2.24) is 0 Å². The Morgan fingerprint density at radius 1 is 0.649 bits per heavy atom. The molecule has 4 aromatic carbocycles. The molecular formula is C27H22ClN2NaO6. The van der Waals surface area contributed by atoms with E-state index >= 15 is 0 Å². The summed E-state index contributed by atoms with van der Waals surface area (Å²) in [6.45, 7) is 0. The van der Waals surface area contributed by atoms with Gasteiger partial charge in [0.05, 0.1) is 4.92 Å². The Morgan fingerprint density at radius 2 is 0.946 bits per heavy atom. The van der Waals surface area contributed by atoms with Crippen LogP contribution in [0.1, 0.15) is 39.3 Å². The quantitative estimate of drug-likeness (QED) is 0.125. The molecule has 4 rings (SSSR count). The fourth-order valence-corrected chi connectivity index (χ4v) is 2.97. The van der Waals surface area contributed by atoms with Gasteiger partial charge in [-0.05, 0) is 36.4 Å². The number of nitrogens with zero attached hydrogens (tertiary/aromatic N) is 2. The summed E-state index contributed by atoms with van der Waals surface area (Å²) < 4.78 is 0. The number of nitro benzene ring substituents is 1. The molecule has 0 aliphatic carbocycles. The number of rotatable bonds is 5. The molecule has 0 fully saturated rings. The topological polar surface area (TPSA) is 130 Å². The van der Waals surface area contributed by atoms with Gasteiger partial charge in [-0.3, -0.25) is 19.7 Å². The fraction of sp³-hybridized carbons (Fsp3) is 0.0370. The summed E-state index contributed by atoms with van der Waals surface area (Å²) in [6, 6.07) is 30.5. The van der Waals surface area contributed by atoms with Crippen molar-refractivity contribution in [3.63, 3.8) is 0 Å². The molecular weight excluding hydrogens is 507 g/mol. The summed E-state index contributed by atoms with van der Waals surface area (Å²) in [6.07, 6.45) is 0. The molecule has 4 aromatic rings. The molecule has 0 aliphatic rings. The third-order valence-electron chi connectivity index (χ3n) is 4.52. The Labute approximate surface area is 241 Å². The zero-order chi connectivity index (χ0) is 25.6. The minimum Gasteiger partial charge on any atom is -0.444 e. The monoisotopic (exact) mass is 528 g/mol. The molecule has 0 aliphatic heterocycles. The average molecular weight is 529 g/mol. The maximum absolute atomic E-state index is 12.0. The van der Waals surface area contributed by atoms with Gasteiger partial charge in [0.2, 0.25) is 0 Å². The normalized spacial score (nSPS) is 8.89. The minimum absolute atomic E-state index is 0. The van der Waals surface area contributed by atoms with Gasteiger partial charge in [-0.25, -0.2) is 0 Å². The van der Waals surface area contributed by atoms with E-state index in [2.05, 4.69) is 0 Å². The third-order valence-corrected chi connectivity index (χ3v) is 4.77. The summed E-state index contributed by atoms with van der Waals surface area (Å²) in [5, 5.41) is 20.1. The Kier molecular flexibility index (Phi) is 15.9. The van der Waals surface area contributed by atoms with Crippen molar-refractivity contribution in [1.29, 1.82) is 0 Å². The molecule has 0 amide bonds. The van der Waals surface area contributed by atoms with Crippen LogP contribution in [0.25, 0.3) is 0 Å². The molecule has 0 saturated carbocycles. The molecule has 0 aromatic heterocycles. The summed E-state index contributed by atoms with van der Waals surface area (Å²) in [7, 11) is 0. The van der Waals surface area contributed by atoms with E-state index in [1.54, 1.807) is 60.7 Å². The van der Waals surface area contributed by atoms with Gasteiger partial charge in [0.1, 0.15) is 0 Å². The number of halogens is 1. The van der Waals surface area contributed by atoms with Crippen LogP contribution in [0.3, 0.4) is 0 Å². The van der Waals surface area contributed by atoms with E-state index in [4.69, 9.17) is 21.7 Å². The van der Waals surface area contributed by atoms with Crippen molar-refractivity contribution in [2.75, 3.05) is 0 Å². The number of carbonyl (C=O) groups excluding carboxylic acids is 2. The van der Waals surface area contributed by atoms with Gasteiger partial charge < -0.3 is 10.1 Å². The molecule has 37 heavy (non-hydrogen) atoms. The molecule has 0 unspecified atom stereocenters. The Hall–Kier alpha value is -3.69. The van der Waals surface area contributed by atoms with E-state index < -0.39 is 4.92 Å². The van der Waals surface area contributed by atoms with Crippen LogP contribution in [0.15, 0.2) is 115 Å². The van der Waals surface area contributed by atoms with Crippen LogP contribution in [0, 0.1) is 20.2 Å². The molecule has 0 atom stereocenters. The van der Waals surface area contributed by atoms with E-state index in [1.807, 2.05) is 24.3 Å². The number of benzene rings is 4. The van der Waals surface area contributed by atoms with Crippen molar-refractivity contribution in [3.8, 4) is 0 Å². The van der Waals surface area contributed by atoms with Crippen molar-refractivity contribution >= 4 is 28.9 Å². The number of hydrogen-bond acceptors (Lipinski definition) is 7. The Bertz CT molecular complexity index is 1270. The third kappa shape index (κ3) is 10.8. The first-order valence-corrected chi connectivity index (χ1v) is 10.4. The molecule has 184 valence electrons. The van der Waals surface area contributed by atoms with Crippen LogP contribution in [0.2, 0.25) is 5.02 Å². The maximum Gasteiger partial charge on any atom is 1.00 e. The van der Waals surface area contributed by atoms with Crippen LogP contribution >= 0.6 is 11.6 Å². The number of non-ortho nitro benzene ring substituents is 1. The maximum atomic E-state index is 12.0. The van der Waals surface area contributed by atoms with Crippen LogP contribution in [0.4, 0.5) is 5.69 Å². The van der Waals surface area contributed by atoms with Gasteiger partial charge >= 0.3 is 29.6 Å². The summed E-state index contributed by atoms with van der Waals surface area (Å²) in [5.41, 5.74) is 2.35. The SMILES string of the molecule is C.O=C(c1ccccc1)c1ccc(Cl)cc1.O=C(c1ccccc1)c1ccc([N+](=O)[O-])cc1.O=N[O-].[Na+]. The number of hydrogen-bond donors (Lipinski definition) is 0. The first-order chi connectivity index (χ1) is 16.9. The van der Waals surface area contributed by atoms with E-state index in [0.29, 0.717) is 27.3 Å². The first-order valence-electron chi connectivity index (χ1n) is 10.0. The Balaban J connectivity index is 0.000000607. The number of ketones is 2. The van der Waals surface area contributed by atoms with Gasteiger partial charge in [0.25, 0.3) is 5.69 Å². The number of carbonyl (C=O) groups is 2. The molecule has 0 heterocycles. The Morgan fingerprint density at radius 3 is 1.27 bits per heavy atom. The predicted molar refractivity (Wildman–Crippen MR) is 140 cm³/mol. The molecule has 8 nitrogen and oxygen atoms in total. The summed E-state index contributed by atoms with van der Waals surface area (Å²) in [5.74, 6) is -0.118. The fourth-order valence-electron chi connectivity index (χ4n) is 2.85. The van der Waals surface area contributed by atoms with Crippen LogP contribution in [-0.4, -0.2) is 16.5 Å². The summed E-state index contributed by atoms with van der Waals surface area (Å²) in [4.78, 5) is 41.9. The smallest absolute Gasteiger partial charge is 0.444 e. The molecule has 10 heteroatoms. The minimum atomic E-state index is -0.489. The largest absolute Gasteiger partial charge is 1.00 e. The van der Waals surface area contributed by atoms with Gasteiger partial charge in [-0.15, -0.1) is 5.34 Å². The van der Waals surface area contributed by atoms with Gasteiger partial charge in [-0.2, -0.15) is 0 Å². The second kappa shape index (κ2) is 17.7. The van der Waals surface area contributed by atoms with Crippen LogP contribution in [-0.2, 0) is 0 Å². The predicted octanol–water partition coefficient (Wildman–Crippen LogP) is 4.29. The second-order valence-corrected chi connectivity index (χ2v) is 7.21. The summed E-state index contributed by atoms with van der Waals surface area (Å²) >= 11 is 5.75. The van der Waals surface area contributed by atoms with Crippen molar-refractivity contribution in [3.05, 3.63) is 157 Å². The van der Waals surface area contributed by atoms with E-state index in [0.717, 1.165) is 5.34 Å². The van der Waals surface area contributed by atoms with Crippen molar-refractivity contribution < 1.29 is 44.1 Å². The van der Waals surface area contributed by atoms with Gasteiger partial charge in [0.15, 0.2) is 11.6 Å². The molecule has 0 radical (unpaired) electrons. The van der Waals surface area contributed by atoms with E-state index in [9.17, 15) is 19.7 Å². The standard InChI is InChI=1S/C13H9ClO.C13H9NO3.CH4.HNO2.Na/c14-12-8-6-11(7-9-12)13(15)10-4-2-1-3-5-10;15-13(10-4-2-1-3-5-10)11-6-8-12(9-7-11)14(16)17;;2-1-3;/h1-9H;1-9H;1H4;(H,2,3);/q;;;;+1/p-1. The van der Waals surface area contributed by atoms with Crippen molar-refractivity contribution in [2.24, 2.45) is 5.34 Å². The van der Waals surface area contributed by atoms with Gasteiger partial charge in [-0.1, -0.05) is 79.7 Å². The van der Waals surface area contributed by atoms with E-state index in [-0.39, 0.29) is 54.2 Å². The van der Waals surface area contributed by atoms with Gasteiger partial charge in [0, 0.05) is 39.4 Å². The van der Waals surface area contributed by atoms with Crippen LogP contribution in [0.5, 0.6) is 0 Å². The van der Waals surface area contributed by atoms with Crippen molar-refractivity contribution in [2.45, 2.75) is 7.43 Å². The zero-order valence-corrected chi connectivity index (χ0v) is 21.9. The van der Waals surface area contributed by atoms with E-state index in [1.165, 1.54) is 24.3 Å². The molecule has 0 saturated heterocycles.